The van der Waals surface area contributed by atoms with E-state index in [-0.39, 0.29) is 16.6 Å². The molecule has 0 N–H and O–H groups in total. The molecule has 0 heterocycles. The van der Waals surface area contributed by atoms with Gasteiger partial charge in [0.25, 0.3) is 0 Å². The fraction of sp³-hybridized carbons (Fsp3) is 0.579. The van der Waals surface area contributed by atoms with E-state index in [0.717, 1.165) is 32.6 Å². The molecule has 1 unspecified atom stereocenters. The molecule has 0 amide bonds. The summed E-state index contributed by atoms with van der Waals surface area (Å²) in [5.74, 6) is 0. The summed E-state index contributed by atoms with van der Waals surface area (Å²) in [6.07, 6.45) is 3.55. The molecule has 1 aromatic rings. The molecule has 0 aromatic heterocycles. The van der Waals surface area contributed by atoms with Gasteiger partial charge in [-0.3, -0.25) is 9.34 Å². The van der Waals surface area contributed by atoms with Crippen molar-refractivity contribution in [1.82, 2.24) is 9.34 Å². The molecule has 0 spiro atoms. The zero-order valence-electron chi connectivity index (χ0n) is 15.4. The van der Waals surface area contributed by atoms with Gasteiger partial charge in [-0.25, -0.2) is 0 Å². The number of rotatable bonds is 7. The van der Waals surface area contributed by atoms with E-state index in [2.05, 4.69) is 74.3 Å². The van der Waals surface area contributed by atoms with Crippen molar-refractivity contribution in [2.45, 2.75) is 46.7 Å². The van der Waals surface area contributed by atoms with Crippen molar-refractivity contribution in [2.24, 2.45) is 0 Å². The third kappa shape index (κ3) is 4.26. The Morgan fingerprint density at radius 2 is 1.48 bits per heavy atom. The monoisotopic (exact) mass is 329 g/mol. The van der Waals surface area contributed by atoms with Crippen molar-refractivity contribution in [3.63, 3.8) is 0 Å². The van der Waals surface area contributed by atoms with Crippen molar-refractivity contribution < 1.29 is 0 Å². The molecule has 125 valence electrons. The second-order valence-corrected chi connectivity index (χ2v) is 8.14. The maximum atomic E-state index is 2.69. The van der Waals surface area contributed by atoms with Crippen LogP contribution < -0.4 is 0 Å². The summed E-state index contributed by atoms with van der Waals surface area (Å²) >= 11 is 0. The van der Waals surface area contributed by atoms with Crippen molar-refractivity contribution in [2.75, 3.05) is 26.2 Å². The van der Waals surface area contributed by atoms with Crippen LogP contribution in [-0.4, -0.2) is 43.9 Å². The zero-order chi connectivity index (χ0) is 16.1. The van der Waals surface area contributed by atoms with Gasteiger partial charge in [0.05, 0.1) is 13.9 Å². The van der Waals surface area contributed by atoms with Crippen LogP contribution in [0.3, 0.4) is 0 Å². The second-order valence-electron chi connectivity index (χ2n) is 5.85. The maximum Gasteiger partial charge on any atom is 0.0522 e. The highest BCUT2D eigenvalue weighted by Crippen LogP contribution is 2.60. The Labute approximate surface area is 146 Å². The Bertz CT molecular complexity index is 498. The Hall–Kier alpha value is -0.625. The molecule has 1 aliphatic carbocycles. The first-order valence-electron chi connectivity index (χ1n) is 8.71. The van der Waals surface area contributed by atoms with Crippen LogP contribution in [0.1, 0.15) is 51.4 Å². The van der Waals surface area contributed by atoms with Gasteiger partial charge >= 0.3 is 0 Å². The Morgan fingerprint density at radius 1 is 0.957 bits per heavy atom. The molecule has 0 fully saturated rings. The van der Waals surface area contributed by atoms with Gasteiger partial charge in [-0.15, -0.1) is 0 Å². The Kier molecular flexibility index (Phi) is 8.54. The van der Waals surface area contributed by atoms with Gasteiger partial charge < -0.3 is 0 Å². The highest BCUT2D eigenvalue weighted by atomic mass is 31.1. The minimum atomic E-state index is -0.334. The molecule has 1 atom stereocenters. The molecule has 4 heteroatoms. The average Bonchev–Trinajstić information content (AvgIpc) is 2.56. The van der Waals surface area contributed by atoms with Crippen LogP contribution in [0, 0.1) is 0 Å². The van der Waals surface area contributed by atoms with Crippen LogP contribution in [-0.2, 0) is 6.42 Å². The van der Waals surface area contributed by atoms with Gasteiger partial charge in [-0.2, -0.15) is 0 Å². The van der Waals surface area contributed by atoms with Crippen LogP contribution in [0.5, 0.6) is 0 Å². The highest BCUT2D eigenvalue weighted by Gasteiger charge is 2.34. The first kappa shape index (κ1) is 20.4. The van der Waals surface area contributed by atoms with Gasteiger partial charge in [0, 0.05) is 34.6 Å². The third-order valence-electron chi connectivity index (χ3n) is 4.70. The summed E-state index contributed by atoms with van der Waals surface area (Å²) < 4.78 is 5.37. The molecule has 3 radical (unpaired) electrons. The summed E-state index contributed by atoms with van der Waals surface area (Å²) in [5, 5.41) is 0. The lowest BCUT2D eigenvalue weighted by molar-refractivity contribution is 0.417. The minimum Gasteiger partial charge on any atom is -0.270 e. The van der Waals surface area contributed by atoms with E-state index in [4.69, 9.17) is 0 Å². The van der Waals surface area contributed by atoms with Crippen LogP contribution >= 0.6 is 8.22 Å². The first-order valence-corrected chi connectivity index (χ1v) is 10.0. The zero-order valence-corrected chi connectivity index (χ0v) is 16.3. The predicted molar refractivity (Wildman–Crippen MR) is 105 cm³/mol. The van der Waals surface area contributed by atoms with Gasteiger partial charge in [-0.1, -0.05) is 63.6 Å². The molecule has 1 aromatic carbocycles. The quantitative estimate of drug-likeness (QED) is 0.401. The molecule has 2 rings (SSSR count). The van der Waals surface area contributed by atoms with Crippen molar-refractivity contribution in [3.8, 4) is 0 Å². The van der Waals surface area contributed by atoms with E-state index >= 15 is 0 Å². The molecule has 1 aliphatic rings. The lowest BCUT2D eigenvalue weighted by Gasteiger charge is -2.44. The minimum absolute atomic E-state index is 0. The summed E-state index contributed by atoms with van der Waals surface area (Å²) in [6, 6.07) is 9.06. The summed E-state index contributed by atoms with van der Waals surface area (Å²) in [6.45, 7) is 16.1. The molecule has 23 heavy (non-hydrogen) atoms. The lowest BCUT2D eigenvalue weighted by atomic mass is 9.92. The average molecular weight is 329 g/mol. The number of benzene rings is 1. The van der Waals surface area contributed by atoms with Crippen LogP contribution in [0.15, 0.2) is 35.9 Å². The van der Waals surface area contributed by atoms with E-state index in [0.29, 0.717) is 5.66 Å². The molecule has 0 bridgehead atoms. The van der Waals surface area contributed by atoms with Crippen molar-refractivity contribution in [1.29, 1.82) is 0 Å². The predicted octanol–water partition coefficient (Wildman–Crippen LogP) is 4.84. The van der Waals surface area contributed by atoms with Crippen LogP contribution in [0.25, 0.3) is 0 Å². The second kappa shape index (κ2) is 9.62. The molecule has 0 aliphatic heterocycles. The maximum absolute atomic E-state index is 2.69. The molecule has 0 saturated heterocycles. The number of fused-ring (bicyclic) bond motifs is 1. The van der Waals surface area contributed by atoms with Crippen molar-refractivity contribution >= 4 is 16.6 Å². The van der Waals surface area contributed by atoms with E-state index in [9.17, 15) is 0 Å². The fourth-order valence-corrected chi connectivity index (χ4v) is 6.59. The molecular weight excluding hydrogens is 298 g/mol. The molecule has 2 nitrogen and oxygen atoms in total. The number of hydrogen-bond donors (Lipinski definition) is 0. The van der Waals surface area contributed by atoms with Crippen LogP contribution in [0.4, 0.5) is 0 Å². The number of nitrogens with zero attached hydrogens (tertiary/aromatic N) is 2. The summed E-state index contributed by atoms with van der Waals surface area (Å²) in [7, 11) is -0.334. The summed E-state index contributed by atoms with van der Waals surface area (Å²) in [5.41, 5.74) is 5.20. The number of hydrogen-bond acceptors (Lipinski definition) is 2. The Balaban J connectivity index is 0.00000264. The SMILES string of the molecule is CCN(CC)P(C1C(C)=CCc2ccccc21)N(CC)CC.[B]. The smallest absolute Gasteiger partial charge is 0.0522 e. The first-order chi connectivity index (χ1) is 10.7. The van der Waals surface area contributed by atoms with Crippen molar-refractivity contribution in [3.05, 3.63) is 47.0 Å². The third-order valence-corrected chi connectivity index (χ3v) is 8.13. The molecular formula is C19H31BN2P. The van der Waals surface area contributed by atoms with Gasteiger partial charge in [0.1, 0.15) is 0 Å². The summed E-state index contributed by atoms with van der Waals surface area (Å²) in [4.78, 5) is 0. The van der Waals surface area contributed by atoms with Gasteiger partial charge in [0.2, 0.25) is 0 Å². The lowest BCUT2D eigenvalue weighted by Crippen LogP contribution is -2.32. The van der Waals surface area contributed by atoms with Crippen LogP contribution in [0.2, 0.25) is 0 Å². The van der Waals surface area contributed by atoms with Gasteiger partial charge in [0.15, 0.2) is 0 Å². The van der Waals surface area contributed by atoms with E-state index < -0.39 is 0 Å². The van der Waals surface area contributed by atoms with E-state index in [1.807, 2.05) is 0 Å². The Morgan fingerprint density at radius 3 is 2.00 bits per heavy atom. The highest BCUT2D eigenvalue weighted by molar-refractivity contribution is 7.53. The topological polar surface area (TPSA) is 6.48 Å². The fourth-order valence-electron chi connectivity index (χ4n) is 3.45. The van der Waals surface area contributed by atoms with Gasteiger partial charge in [-0.05, 0) is 24.5 Å². The standard InChI is InChI=1S/C19H31N2P.B/c1-6-20(7-2)22(21(8-3)9-4)19-16(5)14-15-17-12-10-11-13-18(17)19;/h10-14,19H,6-9,15H2,1-5H3;. The van der Waals surface area contributed by atoms with E-state index in [1.54, 1.807) is 11.1 Å². The largest absolute Gasteiger partial charge is 0.270 e. The molecule has 0 saturated carbocycles. The normalized spacial score (nSPS) is 17.2. The number of allylic oxidation sites excluding steroid dienone is 2. The van der Waals surface area contributed by atoms with E-state index in [1.165, 1.54) is 5.56 Å².